The van der Waals surface area contributed by atoms with Crippen LogP contribution in [-0.4, -0.2) is 101 Å². The van der Waals surface area contributed by atoms with E-state index in [-0.39, 0.29) is 64.0 Å². The predicted octanol–water partition coefficient (Wildman–Crippen LogP) is 8.84. The van der Waals surface area contributed by atoms with Crippen molar-refractivity contribution in [2.45, 2.75) is 37.9 Å². The molecule has 0 saturated heterocycles. The number of halogens is 6. The van der Waals surface area contributed by atoms with Crippen LogP contribution in [0.2, 0.25) is 10.0 Å². The number of aliphatic carboxylic acids is 1. The minimum absolute atomic E-state index is 0.0181. The molecule has 1 atom stereocenters. The monoisotopic (exact) mass is 1100 g/mol. The number of rotatable bonds is 17. The number of alkyl halides is 4. The zero-order chi connectivity index (χ0) is 54.0. The highest BCUT2D eigenvalue weighted by Crippen LogP contribution is 2.37. The number of nitro groups is 1. The fraction of sp³-hybridized carbons (Fsp3) is 0.227. The molecule has 0 saturated carbocycles. The average Bonchev–Trinajstić information content (AvgIpc) is 3.33. The number of fused-ring (bicyclic) bond motifs is 1. The van der Waals surface area contributed by atoms with E-state index < -0.39 is 74.6 Å². The van der Waals surface area contributed by atoms with Gasteiger partial charge in [0.2, 0.25) is 5.95 Å². The fourth-order valence-electron chi connectivity index (χ4n) is 5.54. The second kappa shape index (κ2) is 26.6. The normalized spacial score (nSPS) is 11.3. The number of nitro benzene ring substituents is 1. The lowest BCUT2D eigenvalue weighted by atomic mass is 10.1. The van der Waals surface area contributed by atoms with Crippen molar-refractivity contribution in [3.05, 3.63) is 128 Å². The van der Waals surface area contributed by atoms with Gasteiger partial charge in [-0.1, -0.05) is 35.3 Å². The second-order valence-electron chi connectivity index (χ2n) is 13.8. The number of para-hydroxylation sites is 1. The van der Waals surface area contributed by atoms with E-state index in [0.29, 0.717) is 22.4 Å². The van der Waals surface area contributed by atoms with Crippen LogP contribution in [0.4, 0.5) is 29.6 Å². The average molecular weight is 1100 g/mol. The van der Waals surface area contributed by atoms with Gasteiger partial charge in [0.1, 0.15) is 51.4 Å². The molecule has 0 bridgehead atoms. The zero-order valence-corrected chi connectivity index (χ0v) is 41.2. The fourth-order valence-corrected chi connectivity index (χ4v) is 7.10. The number of benzene rings is 4. The third kappa shape index (κ3) is 17.2. The van der Waals surface area contributed by atoms with Crippen molar-refractivity contribution >= 4 is 91.3 Å². The molecule has 0 aliphatic rings. The van der Waals surface area contributed by atoms with Crippen LogP contribution in [0.25, 0.3) is 10.9 Å². The van der Waals surface area contributed by atoms with Gasteiger partial charge in [0.05, 0.1) is 40.1 Å². The molecule has 0 spiro atoms. The quantitative estimate of drug-likeness (QED) is 0.0332. The molecule has 3 N–H and O–H groups in total. The van der Waals surface area contributed by atoms with Crippen molar-refractivity contribution in [3.63, 3.8) is 0 Å². The lowest BCUT2D eigenvalue weighted by Crippen LogP contribution is -2.35. The molecule has 6 aromatic rings. The number of nitrogens with zero attached hydrogens (tertiary/aromatic N) is 5. The summed E-state index contributed by atoms with van der Waals surface area (Å²) in [4.78, 5) is 72.3. The Balaban J connectivity index is 0.000000248. The van der Waals surface area contributed by atoms with E-state index in [9.17, 15) is 50.9 Å². The lowest BCUT2D eigenvalue weighted by molar-refractivity contribution is -0.385. The Morgan fingerprint density at radius 1 is 0.904 bits per heavy atom. The Kier molecular flexibility index (Phi) is 21.0. The SMILES string of the molecule is CCOC(=O)C(C)OC(=O)c1cc(Oc2ccc(C(F)(F)F)cc2Cl)ccc1[N+](=O)[O-].COc1nc(C)nc(NC(=O)NS(=O)(=O)c2ccccc2OCCCl)n1.O=C(O)COc1ccc(Cl)c2cccnc12. The van der Waals surface area contributed by atoms with E-state index in [2.05, 4.69) is 25.3 Å². The summed E-state index contributed by atoms with van der Waals surface area (Å²) in [5, 5.41) is 22.9. The number of amides is 2. The van der Waals surface area contributed by atoms with Gasteiger partial charge in [-0.15, -0.1) is 11.6 Å². The maximum atomic E-state index is 12.8. The molecule has 0 aliphatic heterocycles. The Morgan fingerprint density at radius 3 is 2.26 bits per heavy atom. The number of pyridine rings is 1. The number of urea groups is 1. The summed E-state index contributed by atoms with van der Waals surface area (Å²) in [6.07, 6.45) is -4.34. The van der Waals surface area contributed by atoms with Crippen molar-refractivity contribution < 1.29 is 79.2 Å². The summed E-state index contributed by atoms with van der Waals surface area (Å²) in [5.41, 5.74) is -1.60. The summed E-state index contributed by atoms with van der Waals surface area (Å²) in [6.45, 7) is 4.10. The van der Waals surface area contributed by atoms with E-state index in [1.807, 2.05) is 4.72 Å². The predicted molar refractivity (Wildman–Crippen MR) is 254 cm³/mol. The smallest absolute Gasteiger partial charge is 0.416 e. The van der Waals surface area contributed by atoms with Crippen molar-refractivity contribution in [1.82, 2.24) is 24.7 Å². The molecular weight excluding hydrogens is 1060 g/mol. The molecule has 4 aromatic carbocycles. The van der Waals surface area contributed by atoms with Crippen molar-refractivity contribution in [2.24, 2.45) is 0 Å². The molecular formula is C44H39Cl3F3N7O15S. The van der Waals surface area contributed by atoms with Crippen LogP contribution in [0.1, 0.15) is 35.6 Å². The third-order valence-electron chi connectivity index (χ3n) is 8.64. The molecule has 2 heterocycles. The van der Waals surface area contributed by atoms with Gasteiger partial charge in [0, 0.05) is 23.7 Å². The number of methoxy groups -OCH3 is 1. The number of carboxylic acid groups (broad SMARTS) is 1. The molecule has 2 amide bonds. The Hall–Kier alpha value is -7.81. The van der Waals surface area contributed by atoms with Crippen molar-refractivity contribution in [3.8, 4) is 29.0 Å². The number of carboxylic acids is 1. The summed E-state index contributed by atoms with van der Waals surface area (Å²) in [5.74, 6) is -2.58. The Bertz CT molecular complexity index is 3090. The standard InChI is InChI=1S/C19H15ClF3NO7.C14H16ClN5O5S.C11H8ClNO3/c1-3-29-17(25)10(2)30-18(26)13-9-12(5-6-15(13)24(27)28)31-16-7-4-11(8-14(16)20)19(21,22)23;1-9-16-12(19-14(17-9)24-2)18-13(21)20-26(22,23)11-6-4-3-5-10(11)25-8-7-15;12-8-3-4-9(16-6-10(14)15)11-7(8)2-1-5-13-11/h4-10H,3H2,1-2H3;3-6H,7-8H2,1-2H3,(H2,16,17,18,19,20,21);1-5H,6H2,(H,14,15). The second-order valence-corrected chi connectivity index (χ2v) is 16.7. The Morgan fingerprint density at radius 2 is 1.62 bits per heavy atom. The first-order valence-electron chi connectivity index (χ1n) is 20.4. The number of carbonyl (C=O) groups excluding carboxylic acids is 3. The number of nitrogens with one attached hydrogen (secondary N) is 2. The number of aromatic nitrogens is 4. The van der Waals surface area contributed by atoms with E-state index in [4.69, 9.17) is 68.3 Å². The molecule has 6 rings (SSSR count). The number of hydrogen-bond donors (Lipinski definition) is 3. The number of sulfonamides is 1. The van der Waals surface area contributed by atoms with Crippen LogP contribution >= 0.6 is 34.8 Å². The maximum Gasteiger partial charge on any atom is 0.416 e. The first-order valence-corrected chi connectivity index (χ1v) is 23.2. The third-order valence-corrected chi connectivity index (χ3v) is 10.8. The van der Waals surface area contributed by atoms with Crippen molar-refractivity contribution in [2.75, 3.05) is 38.1 Å². The summed E-state index contributed by atoms with van der Waals surface area (Å²) < 4.78 is 95.2. The maximum absolute atomic E-state index is 12.8. The van der Waals surface area contributed by atoms with E-state index in [0.717, 1.165) is 35.7 Å². The van der Waals surface area contributed by atoms with E-state index in [1.165, 1.54) is 32.2 Å². The summed E-state index contributed by atoms with van der Waals surface area (Å²) in [6, 6.07) is 17.0. The molecule has 0 fully saturated rings. The van der Waals surface area contributed by atoms with Crippen molar-refractivity contribution in [1.29, 1.82) is 0 Å². The van der Waals surface area contributed by atoms with Gasteiger partial charge < -0.3 is 33.5 Å². The number of hydrogen-bond acceptors (Lipinski definition) is 18. The highest BCUT2D eigenvalue weighted by atomic mass is 35.5. The molecule has 29 heteroatoms. The highest BCUT2D eigenvalue weighted by molar-refractivity contribution is 7.90. The number of anilines is 1. The van der Waals surface area contributed by atoms with Gasteiger partial charge >= 0.3 is 36.1 Å². The number of ether oxygens (including phenoxy) is 6. The van der Waals surface area contributed by atoms with Gasteiger partial charge in [0.25, 0.3) is 15.7 Å². The minimum Gasteiger partial charge on any atom is -0.491 e. The molecule has 1 unspecified atom stereocenters. The molecule has 0 radical (unpaired) electrons. The zero-order valence-electron chi connectivity index (χ0n) is 38.1. The minimum atomic E-state index is -4.61. The van der Waals surface area contributed by atoms with Crippen LogP contribution in [0.5, 0.6) is 29.0 Å². The first kappa shape index (κ1) is 57.8. The molecule has 388 valence electrons. The van der Waals surface area contributed by atoms with E-state index >= 15 is 0 Å². The largest absolute Gasteiger partial charge is 0.491 e. The van der Waals surface area contributed by atoms with Crippen LogP contribution in [0.15, 0.2) is 96.0 Å². The number of aryl methyl sites for hydroxylation is 1. The number of carbonyl (C=O) groups is 4. The molecule has 0 aliphatic carbocycles. The van der Waals surface area contributed by atoms with Crippen LogP contribution in [0.3, 0.4) is 0 Å². The molecule has 22 nitrogen and oxygen atoms in total. The van der Waals surface area contributed by atoms with Gasteiger partial charge in [-0.25, -0.2) is 32.3 Å². The van der Waals surface area contributed by atoms with Crippen LogP contribution in [0, 0.1) is 17.0 Å². The number of esters is 2. The van der Waals surface area contributed by atoms with Crippen LogP contribution < -0.4 is 29.0 Å². The van der Waals surface area contributed by atoms with Gasteiger partial charge in [-0.3, -0.25) is 20.4 Å². The summed E-state index contributed by atoms with van der Waals surface area (Å²) in [7, 11) is -2.85. The summed E-state index contributed by atoms with van der Waals surface area (Å²) >= 11 is 17.4. The topological polar surface area (TPSA) is 297 Å². The lowest BCUT2D eigenvalue weighted by Gasteiger charge is -2.13. The van der Waals surface area contributed by atoms with Gasteiger partial charge in [-0.05, 0) is 81.4 Å². The molecule has 73 heavy (non-hydrogen) atoms. The van der Waals surface area contributed by atoms with Gasteiger partial charge in [-0.2, -0.15) is 28.1 Å². The highest BCUT2D eigenvalue weighted by Gasteiger charge is 2.32. The van der Waals surface area contributed by atoms with Crippen LogP contribution in [-0.2, 0) is 35.3 Å². The van der Waals surface area contributed by atoms with E-state index in [1.54, 1.807) is 50.4 Å². The molecule has 2 aromatic heterocycles. The van der Waals surface area contributed by atoms with Gasteiger partial charge in [0.15, 0.2) is 12.7 Å². The Labute approximate surface area is 426 Å². The first-order chi connectivity index (χ1) is 34.5.